The van der Waals surface area contributed by atoms with E-state index in [0.717, 1.165) is 41.1 Å². The highest BCUT2D eigenvalue weighted by Crippen LogP contribution is 2.32. The lowest BCUT2D eigenvalue weighted by Crippen LogP contribution is -2.05. The van der Waals surface area contributed by atoms with E-state index in [9.17, 15) is 0 Å². The van der Waals surface area contributed by atoms with Crippen LogP contribution >= 0.6 is 11.8 Å². The fourth-order valence-electron chi connectivity index (χ4n) is 4.09. The van der Waals surface area contributed by atoms with Gasteiger partial charge in [0.15, 0.2) is 11.0 Å². The van der Waals surface area contributed by atoms with Crippen LogP contribution in [0.3, 0.4) is 0 Å². The van der Waals surface area contributed by atoms with Crippen molar-refractivity contribution in [2.24, 2.45) is 0 Å². The Kier molecular flexibility index (Phi) is 6.89. The molecule has 0 radical (unpaired) electrons. The quantitative estimate of drug-likeness (QED) is 0.215. The average Bonchev–Trinajstić information content (AvgIpc) is 3.37. The van der Waals surface area contributed by atoms with Gasteiger partial charge in [-0.15, -0.1) is 10.2 Å². The Balaban J connectivity index is 1.50. The van der Waals surface area contributed by atoms with Crippen molar-refractivity contribution in [3.63, 3.8) is 0 Å². The lowest BCUT2D eigenvalue weighted by atomic mass is 10.0. The van der Waals surface area contributed by atoms with E-state index in [-0.39, 0.29) is 0 Å². The molecule has 0 bridgehead atoms. The molecule has 32 heavy (non-hydrogen) atoms. The first-order valence-electron chi connectivity index (χ1n) is 11.4. The molecule has 2 heterocycles. The maximum absolute atomic E-state index is 6.16. The average molecular weight is 449 g/mol. The summed E-state index contributed by atoms with van der Waals surface area (Å²) in [6.45, 7) is 13.2. The van der Waals surface area contributed by atoms with Gasteiger partial charge in [0.05, 0.1) is 6.61 Å². The number of hydrogen-bond donors (Lipinski definition) is 0. The molecule has 0 aliphatic heterocycles. The molecule has 0 aliphatic rings. The zero-order chi connectivity index (χ0) is 22.7. The number of rotatable bonds is 9. The summed E-state index contributed by atoms with van der Waals surface area (Å²) < 4.78 is 10.6. The van der Waals surface area contributed by atoms with Crippen LogP contribution in [0.5, 0.6) is 5.75 Å². The van der Waals surface area contributed by atoms with Gasteiger partial charge in [-0.2, -0.15) is 0 Å². The summed E-state index contributed by atoms with van der Waals surface area (Å²) in [7, 11) is 0. The van der Waals surface area contributed by atoms with Gasteiger partial charge in [-0.05, 0) is 49.9 Å². The number of aryl methyl sites for hydroxylation is 2. The highest BCUT2D eigenvalue weighted by Gasteiger charge is 2.18. The second kappa shape index (κ2) is 9.82. The van der Waals surface area contributed by atoms with Crippen molar-refractivity contribution < 1.29 is 4.74 Å². The van der Waals surface area contributed by atoms with Crippen LogP contribution in [-0.2, 0) is 13.1 Å². The molecule has 0 fully saturated rings. The molecule has 0 amide bonds. The Bertz CT molecular complexity index is 1210. The van der Waals surface area contributed by atoms with Crippen LogP contribution in [0.25, 0.3) is 22.3 Å². The van der Waals surface area contributed by atoms with Crippen LogP contribution in [0.2, 0.25) is 0 Å². The predicted molar refractivity (Wildman–Crippen MR) is 134 cm³/mol. The number of fused-ring (bicyclic) bond motifs is 1. The third-order valence-electron chi connectivity index (χ3n) is 5.77. The van der Waals surface area contributed by atoms with E-state index in [0.29, 0.717) is 12.5 Å². The van der Waals surface area contributed by atoms with Gasteiger partial charge in [0.1, 0.15) is 5.75 Å². The van der Waals surface area contributed by atoms with Gasteiger partial charge in [-0.1, -0.05) is 55.9 Å². The van der Waals surface area contributed by atoms with Crippen molar-refractivity contribution in [1.29, 1.82) is 0 Å². The first-order valence-corrected chi connectivity index (χ1v) is 12.4. The molecule has 0 saturated carbocycles. The van der Waals surface area contributed by atoms with Crippen molar-refractivity contribution in [2.75, 3.05) is 12.4 Å². The van der Waals surface area contributed by atoms with Crippen molar-refractivity contribution >= 4 is 22.7 Å². The molecule has 0 saturated heterocycles. The summed E-state index contributed by atoms with van der Waals surface area (Å²) in [4.78, 5) is 0. The minimum absolute atomic E-state index is 0.439. The minimum atomic E-state index is 0.439. The number of ether oxygens (including phenoxy) is 1. The molecule has 168 valence electrons. The van der Waals surface area contributed by atoms with Crippen LogP contribution in [0.1, 0.15) is 44.7 Å². The van der Waals surface area contributed by atoms with Crippen molar-refractivity contribution in [2.45, 2.75) is 58.8 Å². The molecule has 2 aromatic heterocycles. The molecule has 0 aliphatic carbocycles. The molecule has 4 rings (SSSR count). The third-order valence-corrected chi connectivity index (χ3v) is 6.70. The molecule has 0 atom stereocenters. The molecule has 2 aromatic carbocycles. The highest BCUT2D eigenvalue weighted by atomic mass is 32.2. The van der Waals surface area contributed by atoms with E-state index in [2.05, 4.69) is 103 Å². The molecule has 0 spiro atoms. The number of thioether (sulfide) groups is 1. The van der Waals surface area contributed by atoms with E-state index < -0.39 is 0 Å². The number of aromatic nitrogens is 4. The summed E-state index contributed by atoms with van der Waals surface area (Å²) in [5.41, 5.74) is 4.85. The summed E-state index contributed by atoms with van der Waals surface area (Å²) in [6, 6.07) is 15.0. The van der Waals surface area contributed by atoms with Crippen molar-refractivity contribution in [3.05, 3.63) is 59.8 Å². The first-order chi connectivity index (χ1) is 15.5. The molecule has 6 heteroatoms. The smallest absolute Gasteiger partial charge is 0.191 e. The maximum atomic E-state index is 6.16. The van der Waals surface area contributed by atoms with Crippen LogP contribution in [-0.4, -0.2) is 31.7 Å². The van der Waals surface area contributed by atoms with Gasteiger partial charge >= 0.3 is 0 Å². The van der Waals surface area contributed by atoms with Crippen LogP contribution in [0.15, 0.2) is 53.8 Å². The highest BCUT2D eigenvalue weighted by molar-refractivity contribution is 7.99. The lowest BCUT2D eigenvalue weighted by Gasteiger charge is -2.14. The van der Waals surface area contributed by atoms with E-state index >= 15 is 0 Å². The Morgan fingerprint density at radius 3 is 2.59 bits per heavy atom. The predicted octanol–water partition coefficient (Wildman–Crippen LogP) is 6.54. The van der Waals surface area contributed by atoms with Gasteiger partial charge in [-0.3, -0.25) is 0 Å². The topological polar surface area (TPSA) is 44.9 Å². The monoisotopic (exact) mass is 448 g/mol. The van der Waals surface area contributed by atoms with Crippen molar-refractivity contribution in [3.8, 4) is 17.1 Å². The van der Waals surface area contributed by atoms with Gasteiger partial charge in [0, 0.05) is 41.5 Å². The zero-order valence-corrected chi connectivity index (χ0v) is 20.4. The molecular weight excluding hydrogens is 416 g/mol. The normalized spacial score (nSPS) is 11.6. The second-order valence-electron chi connectivity index (χ2n) is 8.29. The first kappa shape index (κ1) is 22.5. The third kappa shape index (κ3) is 4.42. The largest absolute Gasteiger partial charge is 0.492 e. The standard InChI is InChI=1S/C26H32N4OS/c1-6-29-17-22(21-10-8-9-11-23(21)29)25-27-28-26(30(25)7-2)32-15-14-31-24-16-19(5)12-13-20(24)18(3)4/h8-13,16-18H,6-7,14-15H2,1-5H3. The van der Waals surface area contributed by atoms with E-state index in [1.54, 1.807) is 11.8 Å². The Morgan fingerprint density at radius 2 is 1.84 bits per heavy atom. The van der Waals surface area contributed by atoms with Gasteiger partial charge < -0.3 is 13.9 Å². The lowest BCUT2D eigenvalue weighted by molar-refractivity contribution is 0.338. The van der Waals surface area contributed by atoms with Gasteiger partial charge in [-0.25, -0.2) is 0 Å². The summed E-state index contributed by atoms with van der Waals surface area (Å²) in [5, 5.41) is 11.3. The number of nitrogens with zero attached hydrogens (tertiary/aromatic N) is 4. The summed E-state index contributed by atoms with van der Waals surface area (Å²) in [6.07, 6.45) is 2.20. The maximum Gasteiger partial charge on any atom is 0.191 e. The molecule has 5 nitrogen and oxygen atoms in total. The SMILES string of the molecule is CCn1c(SCCOc2cc(C)ccc2C(C)C)nnc1-c1cn(CC)c2ccccc12. The Labute approximate surface area is 194 Å². The summed E-state index contributed by atoms with van der Waals surface area (Å²) >= 11 is 1.70. The van der Waals surface area contributed by atoms with Crippen LogP contribution in [0.4, 0.5) is 0 Å². The van der Waals surface area contributed by atoms with E-state index in [4.69, 9.17) is 4.74 Å². The molecule has 0 N–H and O–H groups in total. The number of hydrogen-bond acceptors (Lipinski definition) is 4. The van der Waals surface area contributed by atoms with E-state index in [1.165, 1.54) is 22.0 Å². The minimum Gasteiger partial charge on any atom is -0.492 e. The molecule has 4 aromatic rings. The molecule has 0 unspecified atom stereocenters. The van der Waals surface area contributed by atoms with Gasteiger partial charge in [0.25, 0.3) is 0 Å². The fourth-order valence-corrected chi connectivity index (χ4v) is 4.91. The fraction of sp³-hybridized carbons (Fsp3) is 0.385. The summed E-state index contributed by atoms with van der Waals surface area (Å²) in [5.74, 6) is 3.18. The van der Waals surface area contributed by atoms with Crippen molar-refractivity contribution in [1.82, 2.24) is 19.3 Å². The van der Waals surface area contributed by atoms with Crippen LogP contribution in [0, 0.1) is 6.92 Å². The zero-order valence-electron chi connectivity index (χ0n) is 19.6. The second-order valence-corrected chi connectivity index (χ2v) is 9.35. The number of para-hydroxylation sites is 1. The van der Waals surface area contributed by atoms with Crippen LogP contribution < -0.4 is 4.74 Å². The Morgan fingerprint density at radius 1 is 1.03 bits per heavy atom. The molecular formula is C26H32N4OS. The van der Waals surface area contributed by atoms with E-state index in [1.807, 2.05) is 0 Å². The van der Waals surface area contributed by atoms with Gasteiger partial charge in [0.2, 0.25) is 0 Å². The Hall–Kier alpha value is -2.73. The number of benzene rings is 2.